The van der Waals surface area contributed by atoms with E-state index in [1.807, 2.05) is 27.7 Å². The molecule has 0 aliphatic carbocycles. The third-order valence-corrected chi connectivity index (χ3v) is 6.58. The molecule has 0 bridgehead atoms. The van der Waals surface area contributed by atoms with Crippen LogP contribution in [0.5, 0.6) is 0 Å². The van der Waals surface area contributed by atoms with Crippen LogP contribution in [0.2, 0.25) is 0 Å². The number of hydrogen-bond acceptors (Lipinski definition) is 7. The van der Waals surface area contributed by atoms with Gasteiger partial charge < -0.3 is 26.2 Å². The van der Waals surface area contributed by atoms with Crippen LogP contribution in [-0.4, -0.2) is 75.3 Å². The SMILES string of the molecule is CCCCSCC(NC(=O)c1cccnc1)C(=O)N[C@@H](CC(C)C)[C@@H](O)[C@H](O)CC(=O)NCC(C)C. The van der Waals surface area contributed by atoms with Crippen LogP contribution in [0.3, 0.4) is 0 Å². The van der Waals surface area contributed by atoms with Gasteiger partial charge in [0.25, 0.3) is 5.91 Å². The van der Waals surface area contributed by atoms with E-state index in [1.165, 1.54) is 6.20 Å². The van der Waals surface area contributed by atoms with Crippen LogP contribution in [0, 0.1) is 11.8 Å². The molecule has 0 aliphatic rings. The van der Waals surface area contributed by atoms with E-state index >= 15 is 0 Å². The molecule has 5 N–H and O–H groups in total. The highest BCUT2D eigenvalue weighted by Gasteiger charge is 2.32. The van der Waals surface area contributed by atoms with Crippen molar-refractivity contribution in [3.8, 4) is 0 Å². The number of unbranched alkanes of at least 4 members (excludes halogenated alkanes) is 1. The average molecular weight is 525 g/mol. The molecule has 36 heavy (non-hydrogen) atoms. The smallest absolute Gasteiger partial charge is 0.253 e. The lowest BCUT2D eigenvalue weighted by molar-refractivity contribution is -0.127. The molecule has 0 spiro atoms. The fourth-order valence-electron chi connectivity index (χ4n) is 3.41. The summed E-state index contributed by atoms with van der Waals surface area (Å²) >= 11 is 1.57. The van der Waals surface area contributed by atoms with Gasteiger partial charge in [0.2, 0.25) is 11.8 Å². The number of aliphatic hydroxyl groups is 2. The van der Waals surface area contributed by atoms with Crippen LogP contribution in [0.4, 0.5) is 0 Å². The highest BCUT2D eigenvalue weighted by molar-refractivity contribution is 7.99. The Morgan fingerprint density at radius 2 is 1.81 bits per heavy atom. The second-order valence-corrected chi connectivity index (χ2v) is 11.1. The Hall–Kier alpha value is -2.17. The summed E-state index contributed by atoms with van der Waals surface area (Å²) in [7, 11) is 0. The standard InChI is InChI=1S/C26H44N4O5S/c1-6-7-11-36-16-21(30-25(34)19-9-8-10-27-15-19)26(35)29-20(12-17(2)3)24(33)22(31)13-23(32)28-14-18(4)5/h8-10,15,17-18,20-22,24,31,33H,6-7,11-14,16H2,1-5H3,(H,28,32)(H,29,35)(H,30,34)/t20-,21?,22+,24+/m0/s1. The fourth-order valence-corrected chi connectivity index (χ4v) is 4.54. The first-order chi connectivity index (χ1) is 17.0. The summed E-state index contributed by atoms with van der Waals surface area (Å²) < 4.78 is 0. The van der Waals surface area contributed by atoms with Crippen molar-refractivity contribution in [3.05, 3.63) is 30.1 Å². The highest BCUT2D eigenvalue weighted by atomic mass is 32.2. The molecule has 1 aromatic heterocycles. The van der Waals surface area contributed by atoms with E-state index in [0.29, 0.717) is 24.3 Å². The van der Waals surface area contributed by atoms with E-state index in [4.69, 9.17) is 0 Å². The maximum absolute atomic E-state index is 13.3. The monoisotopic (exact) mass is 524 g/mol. The molecule has 0 aromatic carbocycles. The number of hydrogen-bond donors (Lipinski definition) is 5. The Bertz CT molecular complexity index is 794. The average Bonchev–Trinajstić information content (AvgIpc) is 2.83. The first-order valence-electron chi connectivity index (χ1n) is 12.8. The van der Waals surface area contributed by atoms with E-state index in [-0.39, 0.29) is 24.2 Å². The van der Waals surface area contributed by atoms with Gasteiger partial charge >= 0.3 is 0 Å². The molecule has 0 fully saturated rings. The maximum atomic E-state index is 13.3. The summed E-state index contributed by atoms with van der Waals surface area (Å²) in [6.07, 6.45) is 2.45. The lowest BCUT2D eigenvalue weighted by Gasteiger charge is -2.30. The first-order valence-corrected chi connectivity index (χ1v) is 13.9. The number of rotatable bonds is 17. The van der Waals surface area contributed by atoms with Crippen molar-refractivity contribution in [2.24, 2.45) is 11.8 Å². The van der Waals surface area contributed by atoms with Crippen molar-refractivity contribution >= 4 is 29.5 Å². The van der Waals surface area contributed by atoms with E-state index in [9.17, 15) is 24.6 Å². The zero-order valence-corrected chi connectivity index (χ0v) is 23.0. The molecule has 10 heteroatoms. The molecule has 0 radical (unpaired) electrons. The predicted octanol–water partition coefficient (Wildman–Crippen LogP) is 2.13. The van der Waals surface area contributed by atoms with Crippen molar-refractivity contribution in [3.63, 3.8) is 0 Å². The second kappa shape index (κ2) is 17.3. The molecule has 1 rings (SSSR count). The molecule has 0 saturated heterocycles. The minimum absolute atomic E-state index is 0.106. The van der Waals surface area contributed by atoms with Crippen molar-refractivity contribution in [2.45, 2.75) is 84.6 Å². The van der Waals surface area contributed by atoms with Gasteiger partial charge in [-0.05, 0) is 42.6 Å². The van der Waals surface area contributed by atoms with Crippen molar-refractivity contribution < 1.29 is 24.6 Å². The number of amides is 3. The topological polar surface area (TPSA) is 141 Å². The van der Waals surface area contributed by atoms with Crippen LogP contribution in [-0.2, 0) is 9.59 Å². The number of pyridine rings is 1. The molecule has 0 aliphatic heterocycles. The largest absolute Gasteiger partial charge is 0.390 e. The maximum Gasteiger partial charge on any atom is 0.253 e. The summed E-state index contributed by atoms with van der Waals surface area (Å²) in [5, 5.41) is 29.7. The number of carbonyl (C=O) groups excluding carboxylic acids is 3. The molecule has 0 saturated carbocycles. The molecule has 204 valence electrons. The highest BCUT2D eigenvalue weighted by Crippen LogP contribution is 2.15. The van der Waals surface area contributed by atoms with Crippen molar-refractivity contribution in [2.75, 3.05) is 18.1 Å². The van der Waals surface area contributed by atoms with Crippen molar-refractivity contribution in [1.82, 2.24) is 20.9 Å². The van der Waals surface area contributed by atoms with Gasteiger partial charge in [0.15, 0.2) is 0 Å². The quantitative estimate of drug-likeness (QED) is 0.197. The molecule has 1 aromatic rings. The molecule has 4 atom stereocenters. The van der Waals surface area contributed by atoms with Gasteiger partial charge in [-0.15, -0.1) is 0 Å². The van der Waals surface area contributed by atoms with Crippen LogP contribution in [0.1, 0.15) is 70.7 Å². The Labute approximate surface area is 219 Å². The second-order valence-electron chi connectivity index (χ2n) is 9.90. The first kappa shape index (κ1) is 31.9. The van der Waals surface area contributed by atoms with Gasteiger partial charge in [-0.2, -0.15) is 11.8 Å². The molecule has 1 unspecified atom stereocenters. The van der Waals surface area contributed by atoms with Gasteiger partial charge in [-0.3, -0.25) is 19.4 Å². The lowest BCUT2D eigenvalue weighted by Crippen LogP contribution is -2.56. The summed E-state index contributed by atoms with van der Waals surface area (Å²) in [6, 6.07) is 1.64. The lowest BCUT2D eigenvalue weighted by atomic mass is 9.94. The predicted molar refractivity (Wildman–Crippen MR) is 144 cm³/mol. The van der Waals surface area contributed by atoms with Gasteiger partial charge in [0.1, 0.15) is 12.1 Å². The summed E-state index contributed by atoms with van der Waals surface area (Å²) in [5.41, 5.74) is 0.343. The summed E-state index contributed by atoms with van der Waals surface area (Å²) in [6.45, 7) is 10.4. The zero-order valence-electron chi connectivity index (χ0n) is 22.2. The van der Waals surface area contributed by atoms with Gasteiger partial charge in [-0.25, -0.2) is 0 Å². The number of carbonyl (C=O) groups is 3. The van der Waals surface area contributed by atoms with Gasteiger partial charge in [0, 0.05) is 24.7 Å². The zero-order chi connectivity index (χ0) is 27.1. The minimum atomic E-state index is -1.34. The minimum Gasteiger partial charge on any atom is -0.390 e. The third kappa shape index (κ3) is 12.7. The normalized spacial score (nSPS) is 14.7. The Morgan fingerprint density at radius 1 is 1.08 bits per heavy atom. The number of aliphatic hydroxyl groups excluding tert-OH is 2. The van der Waals surface area contributed by atoms with E-state index in [2.05, 4.69) is 27.9 Å². The molecule has 9 nitrogen and oxygen atoms in total. The molecular formula is C26H44N4O5S. The molecule has 3 amide bonds. The Kier molecular flexibility index (Phi) is 15.3. The number of nitrogens with one attached hydrogen (secondary N) is 3. The van der Waals surface area contributed by atoms with E-state index < -0.39 is 36.1 Å². The third-order valence-electron chi connectivity index (χ3n) is 5.43. The number of nitrogens with zero attached hydrogens (tertiary/aromatic N) is 1. The fraction of sp³-hybridized carbons (Fsp3) is 0.692. The van der Waals surface area contributed by atoms with Crippen LogP contribution in [0.25, 0.3) is 0 Å². The van der Waals surface area contributed by atoms with Crippen LogP contribution < -0.4 is 16.0 Å². The molecule has 1 heterocycles. The van der Waals surface area contributed by atoms with Crippen LogP contribution >= 0.6 is 11.8 Å². The number of aromatic nitrogens is 1. The van der Waals surface area contributed by atoms with Gasteiger partial charge in [0.05, 0.1) is 24.1 Å². The van der Waals surface area contributed by atoms with Gasteiger partial charge in [-0.1, -0.05) is 41.0 Å². The van der Waals surface area contributed by atoms with Crippen molar-refractivity contribution in [1.29, 1.82) is 0 Å². The Balaban J connectivity index is 2.92. The van der Waals surface area contributed by atoms with E-state index in [0.717, 1.165) is 18.6 Å². The Morgan fingerprint density at radius 3 is 2.39 bits per heavy atom. The summed E-state index contributed by atoms with van der Waals surface area (Å²) in [5.74, 6) is 0.360. The van der Waals surface area contributed by atoms with Crippen LogP contribution in [0.15, 0.2) is 24.5 Å². The molecular weight excluding hydrogens is 480 g/mol. The number of thioether (sulfide) groups is 1. The summed E-state index contributed by atoms with van der Waals surface area (Å²) in [4.78, 5) is 42.1. The van der Waals surface area contributed by atoms with E-state index in [1.54, 1.807) is 30.1 Å².